The monoisotopic (exact) mass is 264 g/mol. The molecule has 6 heteroatoms. The highest BCUT2D eigenvalue weighted by molar-refractivity contribution is 5.69. The van der Waals surface area contributed by atoms with Gasteiger partial charge in [0.25, 0.3) is 0 Å². The number of aliphatic carboxylic acids is 1. The van der Waals surface area contributed by atoms with Crippen molar-refractivity contribution in [1.82, 2.24) is 19.7 Å². The van der Waals surface area contributed by atoms with E-state index in [1.165, 1.54) is 25.7 Å². The van der Waals surface area contributed by atoms with E-state index in [0.29, 0.717) is 12.5 Å². The largest absolute Gasteiger partial charge is 0.480 e. The summed E-state index contributed by atoms with van der Waals surface area (Å²) in [5.41, 5.74) is 0. The maximum atomic E-state index is 10.9. The molecule has 104 valence electrons. The fourth-order valence-electron chi connectivity index (χ4n) is 2.73. The lowest BCUT2D eigenvalue weighted by Crippen LogP contribution is -2.32. The average Bonchev–Trinajstić information content (AvgIpc) is 3.09. The molecule has 1 aliphatic heterocycles. The summed E-state index contributed by atoms with van der Waals surface area (Å²) in [6.07, 6.45) is 5.80. The molecule has 2 heterocycles. The van der Waals surface area contributed by atoms with Gasteiger partial charge in [-0.15, -0.1) is 10.2 Å². The van der Waals surface area contributed by atoms with Crippen LogP contribution < -0.4 is 0 Å². The average molecular weight is 264 g/mol. The van der Waals surface area contributed by atoms with Gasteiger partial charge in [-0.1, -0.05) is 0 Å². The number of carboxylic acid groups (broad SMARTS) is 1. The first kappa shape index (κ1) is 12.6. The van der Waals surface area contributed by atoms with E-state index < -0.39 is 5.97 Å². The molecule has 1 aromatic rings. The van der Waals surface area contributed by atoms with Crippen molar-refractivity contribution in [1.29, 1.82) is 0 Å². The molecule has 6 nitrogen and oxygen atoms in total. The third-order valence-corrected chi connectivity index (χ3v) is 3.87. The number of carbonyl (C=O) groups is 1. The van der Waals surface area contributed by atoms with E-state index >= 15 is 0 Å². The summed E-state index contributed by atoms with van der Waals surface area (Å²) in [7, 11) is 0. The van der Waals surface area contributed by atoms with Crippen LogP contribution in [0.25, 0.3) is 0 Å². The molecule has 0 aromatic carbocycles. The van der Waals surface area contributed by atoms with Gasteiger partial charge in [-0.3, -0.25) is 9.69 Å². The minimum Gasteiger partial charge on any atom is -0.480 e. The first-order valence-electron chi connectivity index (χ1n) is 7.07. The highest BCUT2D eigenvalue weighted by Crippen LogP contribution is 2.30. The molecule has 0 saturated heterocycles. The number of aromatic nitrogens is 3. The molecule has 1 aromatic heterocycles. The number of rotatable bonds is 6. The quantitative estimate of drug-likeness (QED) is 0.827. The van der Waals surface area contributed by atoms with E-state index in [1.807, 2.05) is 4.90 Å². The first-order chi connectivity index (χ1) is 9.22. The SMILES string of the molecule is O=C(O)CN(Cc1nnc2n1CCCC2)CC1CC1. The normalized spacial score (nSPS) is 18.6. The summed E-state index contributed by atoms with van der Waals surface area (Å²) in [5.74, 6) is 1.90. The highest BCUT2D eigenvalue weighted by atomic mass is 16.4. The van der Waals surface area contributed by atoms with Gasteiger partial charge in [-0.2, -0.15) is 0 Å². The molecular weight excluding hydrogens is 244 g/mol. The summed E-state index contributed by atoms with van der Waals surface area (Å²) < 4.78 is 2.17. The fraction of sp³-hybridized carbons (Fsp3) is 0.769. The fourth-order valence-corrected chi connectivity index (χ4v) is 2.73. The number of nitrogens with zero attached hydrogens (tertiary/aromatic N) is 4. The van der Waals surface area contributed by atoms with Crippen molar-refractivity contribution >= 4 is 5.97 Å². The van der Waals surface area contributed by atoms with Gasteiger partial charge in [0.1, 0.15) is 11.6 Å². The molecule has 0 amide bonds. The van der Waals surface area contributed by atoms with Gasteiger partial charge in [0.2, 0.25) is 0 Å². The van der Waals surface area contributed by atoms with Gasteiger partial charge in [0.15, 0.2) is 0 Å². The Morgan fingerprint density at radius 2 is 2.21 bits per heavy atom. The molecule has 0 bridgehead atoms. The van der Waals surface area contributed by atoms with E-state index in [1.54, 1.807) is 0 Å². The van der Waals surface area contributed by atoms with Gasteiger partial charge in [-0.25, -0.2) is 0 Å². The van der Waals surface area contributed by atoms with Crippen molar-refractivity contribution in [2.24, 2.45) is 5.92 Å². The van der Waals surface area contributed by atoms with Crippen molar-refractivity contribution in [3.8, 4) is 0 Å². The van der Waals surface area contributed by atoms with Crippen LogP contribution in [0.2, 0.25) is 0 Å². The molecular formula is C13H20N4O2. The highest BCUT2D eigenvalue weighted by Gasteiger charge is 2.26. The Labute approximate surface area is 112 Å². The summed E-state index contributed by atoms with van der Waals surface area (Å²) in [6.45, 7) is 2.55. The van der Waals surface area contributed by atoms with Gasteiger partial charge in [0.05, 0.1) is 13.1 Å². The van der Waals surface area contributed by atoms with Crippen LogP contribution in [0.5, 0.6) is 0 Å². The zero-order chi connectivity index (χ0) is 13.2. The lowest BCUT2D eigenvalue weighted by molar-refractivity contribution is -0.138. The number of hydrogen-bond acceptors (Lipinski definition) is 4. The number of fused-ring (bicyclic) bond motifs is 1. The summed E-state index contributed by atoms with van der Waals surface area (Å²) in [5, 5.41) is 17.5. The minimum absolute atomic E-state index is 0.0959. The molecule has 0 spiro atoms. The number of hydrogen-bond donors (Lipinski definition) is 1. The molecule has 0 atom stereocenters. The van der Waals surface area contributed by atoms with Gasteiger partial charge in [-0.05, 0) is 31.6 Å². The van der Waals surface area contributed by atoms with Gasteiger partial charge < -0.3 is 9.67 Å². The van der Waals surface area contributed by atoms with Crippen molar-refractivity contribution in [2.45, 2.75) is 45.2 Å². The number of aryl methyl sites for hydroxylation is 1. The molecule has 1 aliphatic carbocycles. The number of carboxylic acids is 1. The Kier molecular flexibility index (Phi) is 3.50. The Hall–Kier alpha value is -1.43. The van der Waals surface area contributed by atoms with Crippen LogP contribution in [-0.4, -0.2) is 43.8 Å². The van der Waals surface area contributed by atoms with Crippen molar-refractivity contribution in [3.63, 3.8) is 0 Å². The van der Waals surface area contributed by atoms with Crippen LogP contribution in [0, 0.1) is 5.92 Å². The third-order valence-electron chi connectivity index (χ3n) is 3.87. The van der Waals surface area contributed by atoms with E-state index in [0.717, 1.165) is 31.2 Å². The minimum atomic E-state index is -0.765. The predicted octanol–water partition coefficient (Wildman–Crippen LogP) is 0.911. The summed E-state index contributed by atoms with van der Waals surface area (Å²) in [6, 6.07) is 0. The Bertz CT molecular complexity index is 467. The van der Waals surface area contributed by atoms with Crippen molar-refractivity contribution in [2.75, 3.05) is 13.1 Å². The van der Waals surface area contributed by atoms with Crippen LogP contribution in [-0.2, 0) is 24.3 Å². The maximum absolute atomic E-state index is 10.9. The van der Waals surface area contributed by atoms with E-state index in [9.17, 15) is 4.79 Å². The Morgan fingerprint density at radius 3 is 2.95 bits per heavy atom. The summed E-state index contributed by atoms with van der Waals surface area (Å²) in [4.78, 5) is 12.9. The van der Waals surface area contributed by atoms with Crippen LogP contribution in [0.3, 0.4) is 0 Å². The van der Waals surface area contributed by atoms with E-state index in [-0.39, 0.29) is 6.54 Å². The standard InChI is InChI=1S/C13H20N4O2/c18-13(19)9-16(7-10-4-5-10)8-12-15-14-11-3-1-2-6-17(11)12/h10H,1-9H2,(H,18,19). The molecule has 0 unspecified atom stereocenters. The zero-order valence-electron chi connectivity index (χ0n) is 11.1. The van der Waals surface area contributed by atoms with Gasteiger partial charge >= 0.3 is 5.97 Å². The topological polar surface area (TPSA) is 71.2 Å². The molecule has 0 radical (unpaired) electrons. The van der Waals surface area contributed by atoms with Crippen LogP contribution in [0.4, 0.5) is 0 Å². The molecule has 1 N–H and O–H groups in total. The lowest BCUT2D eigenvalue weighted by atomic mass is 10.1. The maximum Gasteiger partial charge on any atom is 0.317 e. The van der Waals surface area contributed by atoms with Gasteiger partial charge in [0, 0.05) is 19.5 Å². The molecule has 2 aliphatic rings. The smallest absolute Gasteiger partial charge is 0.317 e. The molecule has 19 heavy (non-hydrogen) atoms. The van der Waals surface area contributed by atoms with Crippen LogP contribution in [0.1, 0.15) is 37.3 Å². The molecule has 3 rings (SSSR count). The van der Waals surface area contributed by atoms with Crippen LogP contribution in [0.15, 0.2) is 0 Å². The van der Waals surface area contributed by atoms with E-state index in [2.05, 4.69) is 14.8 Å². The van der Waals surface area contributed by atoms with Crippen molar-refractivity contribution < 1.29 is 9.90 Å². The third kappa shape index (κ3) is 3.12. The molecule has 1 saturated carbocycles. The summed E-state index contributed by atoms with van der Waals surface area (Å²) >= 11 is 0. The second kappa shape index (κ2) is 5.28. The first-order valence-corrected chi connectivity index (χ1v) is 7.07. The van der Waals surface area contributed by atoms with E-state index in [4.69, 9.17) is 5.11 Å². The molecule has 1 fully saturated rings. The van der Waals surface area contributed by atoms with Crippen LogP contribution >= 0.6 is 0 Å². The lowest BCUT2D eigenvalue weighted by Gasteiger charge is -2.21. The second-order valence-corrected chi connectivity index (χ2v) is 5.65. The Balaban J connectivity index is 1.69. The zero-order valence-corrected chi connectivity index (χ0v) is 11.1. The Morgan fingerprint density at radius 1 is 1.37 bits per heavy atom. The predicted molar refractivity (Wildman–Crippen MR) is 68.6 cm³/mol. The van der Waals surface area contributed by atoms with Crippen molar-refractivity contribution in [3.05, 3.63) is 11.6 Å². The second-order valence-electron chi connectivity index (χ2n) is 5.65.